The first-order chi connectivity index (χ1) is 10.4. The van der Waals surface area contributed by atoms with E-state index in [4.69, 9.17) is 9.05 Å². The molecule has 0 heterocycles. The highest BCUT2D eigenvalue weighted by Crippen LogP contribution is 2.54. The number of carbonyl (C=O) groups is 1. The molecule has 1 aromatic rings. The maximum Gasteiger partial charge on any atom is 0.335 e. The van der Waals surface area contributed by atoms with Crippen molar-refractivity contribution in [2.75, 3.05) is 6.16 Å². The van der Waals surface area contributed by atoms with Crippen molar-refractivity contribution in [2.45, 2.75) is 52.7 Å². The summed E-state index contributed by atoms with van der Waals surface area (Å²) in [7, 11) is -3.26. The van der Waals surface area contributed by atoms with Gasteiger partial charge < -0.3 is 9.05 Å². The number of rotatable bonds is 6. The number of carbonyl (C=O) groups excluding carboxylic acids is 1. The molecule has 0 saturated carbocycles. The van der Waals surface area contributed by atoms with E-state index in [1.165, 1.54) is 0 Å². The fourth-order valence-electron chi connectivity index (χ4n) is 1.93. The van der Waals surface area contributed by atoms with E-state index in [1.54, 1.807) is 18.2 Å². The van der Waals surface area contributed by atoms with Crippen LogP contribution in [0.5, 0.6) is 0 Å². The molecule has 0 atom stereocenters. The van der Waals surface area contributed by atoms with Crippen LogP contribution in [0.15, 0.2) is 30.3 Å². The second kappa shape index (κ2) is 7.57. The van der Waals surface area contributed by atoms with Gasteiger partial charge in [0, 0.05) is 5.56 Å². The van der Waals surface area contributed by atoms with Crippen LogP contribution in [0, 0.1) is 0 Å². The average molecular weight is 338 g/mol. The molecule has 0 aromatic heterocycles. The Bertz CT molecular complexity index is 569. The van der Waals surface area contributed by atoms with Gasteiger partial charge in [0.1, 0.15) is 6.29 Å². The minimum atomic E-state index is -3.26. The van der Waals surface area contributed by atoms with Gasteiger partial charge in [0.05, 0.1) is 17.4 Å². The van der Waals surface area contributed by atoms with Gasteiger partial charge in [-0.15, -0.1) is 0 Å². The first kappa shape index (κ1) is 19.8. The van der Waals surface area contributed by atoms with Crippen LogP contribution in [0.4, 0.5) is 0 Å². The molecule has 0 aliphatic heterocycles. The Labute approximate surface area is 139 Å². The Morgan fingerprint density at radius 3 is 1.74 bits per heavy atom. The van der Waals surface area contributed by atoms with Gasteiger partial charge in [0.2, 0.25) is 0 Å². The number of aldehydes is 1. The highest BCUT2D eigenvalue weighted by atomic mass is 31.2. The van der Waals surface area contributed by atoms with Gasteiger partial charge in [0.15, 0.2) is 0 Å². The smallest absolute Gasteiger partial charge is 0.303 e. The van der Waals surface area contributed by atoms with E-state index in [0.29, 0.717) is 5.56 Å². The quantitative estimate of drug-likeness (QED) is 0.519. The van der Waals surface area contributed by atoms with Gasteiger partial charge in [-0.2, -0.15) is 0 Å². The first-order valence-corrected chi connectivity index (χ1v) is 9.38. The van der Waals surface area contributed by atoms with Crippen molar-refractivity contribution in [2.24, 2.45) is 0 Å². The van der Waals surface area contributed by atoms with E-state index < -0.39 is 18.8 Å². The van der Waals surface area contributed by atoms with E-state index in [9.17, 15) is 9.36 Å². The number of hydrogen-bond acceptors (Lipinski definition) is 4. The topological polar surface area (TPSA) is 52.6 Å². The van der Waals surface area contributed by atoms with E-state index in [2.05, 4.69) is 0 Å². The minimum Gasteiger partial charge on any atom is -0.303 e. The molecule has 5 heteroatoms. The number of allylic oxidation sites excluding steroid dienone is 1. The third-order valence-electron chi connectivity index (χ3n) is 2.54. The molecule has 0 aliphatic carbocycles. The molecular formula is C18H27O4P. The molecule has 23 heavy (non-hydrogen) atoms. The van der Waals surface area contributed by atoms with Gasteiger partial charge >= 0.3 is 7.60 Å². The maximum atomic E-state index is 13.0. The van der Waals surface area contributed by atoms with Gasteiger partial charge in [-0.1, -0.05) is 36.4 Å². The zero-order valence-electron chi connectivity index (χ0n) is 14.8. The summed E-state index contributed by atoms with van der Waals surface area (Å²) >= 11 is 0. The van der Waals surface area contributed by atoms with Crippen molar-refractivity contribution in [1.29, 1.82) is 0 Å². The van der Waals surface area contributed by atoms with Crippen LogP contribution in [0.1, 0.15) is 57.5 Å². The third kappa shape index (κ3) is 8.26. The molecule has 4 nitrogen and oxygen atoms in total. The first-order valence-electron chi connectivity index (χ1n) is 7.65. The predicted molar refractivity (Wildman–Crippen MR) is 95.0 cm³/mol. The number of benzene rings is 1. The molecule has 0 fully saturated rings. The summed E-state index contributed by atoms with van der Waals surface area (Å²) in [5, 5.41) is 0. The van der Waals surface area contributed by atoms with Crippen LogP contribution in [0.3, 0.4) is 0 Å². The van der Waals surface area contributed by atoms with E-state index >= 15 is 0 Å². The molecule has 0 radical (unpaired) electrons. The molecule has 0 unspecified atom stereocenters. The summed E-state index contributed by atoms with van der Waals surface area (Å²) in [6.45, 7) is 11.1. The zero-order valence-corrected chi connectivity index (χ0v) is 15.7. The fourth-order valence-corrected chi connectivity index (χ4v) is 4.15. The number of hydrogen-bond donors (Lipinski definition) is 0. The molecule has 0 N–H and O–H groups in total. The molecule has 0 saturated heterocycles. The van der Waals surface area contributed by atoms with Gasteiger partial charge in [-0.3, -0.25) is 9.36 Å². The predicted octanol–water partition coefficient (Wildman–Crippen LogP) is 5.34. The van der Waals surface area contributed by atoms with Crippen LogP contribution < -0.4 is 0 Å². The van der Waals surface area contributed by atoms with E-state index in [-0.39, 0.29) is 6.16 Å². The summed E-state index contributed by atoms with van der Waals surface area (Å²) in [4.78, 5) is 10.6. The highest BCUT2D eigenvalue weighted by molar-refractivity contribution is 7.54. The van der Waals surface area contributed by atoms with Crippen LogP contribution in [-0.4, -0.2) is 23.7 Å². The second-order valence-corrected chi connectivity index (χ2v) is 9.34. The molecule has 0 bridgehead atoms. The van der Waals surface area contributed by atoms with Crippen molar-refractivity contribution in [3.63, 3.8) is 0 Å². The summed E-state index contributed by atoms with van der Waals surface area (Å²) in [5.41, 5.74) is 0.439. The summed E-state index contributed by atoms with van der Waals surface area (Å²) in [6, 6.07) is 7.15. The zero-order chi connectivity index (χ0) is 17.7. The van der Waals surface area contributed by atoms with Crippen molar-refractivity contribution >= 4 is 20.0 Å². The van der Waals surface area contributed by atoms with Crippen LogP contribution in [0.25, 0.3) is 6.08 Å². The SMILES string of the molecule is CC(C)(C)OP(=O)(C/C=C/c1ccc(C=O)cc1)OC(C)(C)C. The largest absolute Gasteiger partial charge is 0.335 e. The average Bonchev–Trinajstić information content (AvgIpc) is 2.34. The van der Waals surface area contributed by atoms with Crippen LogP contribution in [0.2, 0.25) is 0 Å². The molecule has 1 rings (SSSR count). The lowest BCUT2D eigenvalue weighted by Crippen LogP contribution is -2.24. The highest BCUT2D eigenvalue weighted by Gasteiger charge is 2.34. The van der Waals surface area contributed by atoms with Crippen molar-refractivity contribution < 1.29 is 18.4 Å². The molecule has 0 spiro atoms. The standard InChI is InChI=1S/C18H27O4P/c1-17(2,3)21-23(20,22-18(4,5)6)13-7-8-15-9-11-16(14-19)12-10-15/h7-12,14H,13H2,1-6H3/b8-7+. The fraction of sp³-hybridized carbons (Fsp3) is 0.500. The van der Waals surface area contributed by atoms with Crippen molar-refractivity contribution in [3.05, 3.63) is 41.5 Å². The van der Waals surface area contributed by atoms with E-state index in [1.807, 2.05) is 59.8 Å². The Balaban J connectivity index is 2.85. The third-order valence-corrected chi connectivity index (χ3v) is 4.85. The van der Waals surface area contributed by atoms with Crippen LogP contribution in [-0.2, 0) is 13.6 Å². The lowest BCUT2D eigenvalue weighted by atomic mass is 10.1. The Kier molecular flexibility index (Phi) is 6.52. The van der Waals surface area contributed by atoms with Gasteiger partial charge in [-0.05, 0) is 47.1 Å². The molecular weight excluding hydrogens is 311 g/mol. The monoisotopic (exact) mass is 338 g/mol. The molecule has 0 amide bonds. The lowest BCUT2D eigenvalue weighted by molar-refractivity contribution is 0.0504. The molecule has 1 aromatic carbocycles. The van der Waals surface area contributed by atoms with Crippen LogP contribution >= 0.6 is 7.60 Å². The lowest BCUT2D eigenvalue weighted by Gasteiger charge is -2.31. The Morgan fingerprint density at radius 1 is 0.913 bits per heavy atom. The maximum absolute atomic E-state index is 13.0. The van der Waals surface area contributed by atoms with E-state index in [0.717, 1.165) is 11.8 Å². The summed E-state index contributed by atoms with van der Waals surface area (Å²) < 4.78 is 24.4. The second-order valence-electron chi connectivity index (χ2n) is 7.39. The molecule has 0 aliphatic rings. The Hall–Kier alpha value is -1.22. The normalized spacial score (nSPS) is 13.5. The Morgan fingerprint density at radius 2 is 1.35 bits per heavy atom. The van der Waals surface area contributed by atoms with Gasteiger partial charge in [0.25, 0.3) is 0 Å². The summed E-state index contributed by atoms with van der Waals surface area (Å²) in [5.74, 6) is 0. The van der Waals surface area contributed by atoms with Gasteiger partial charge in [-0.25, -0.2) is 0 Å². The molecule has 128 valence electrons. The summed E-state index contributed by atoms with van der Waals surface area (Å²) in [6.07, 6.45) is 4.63. The minimum absolute atomic E-state index is 0.191. The van der Waals surface area contributed by atoms with Crippen molar-refractivity contribution in [1.82, 2.24) is 0 Å². The van der Waals surface area contributed by atoms with Crippen molar-refractivity contribution in [3.8, 4) is 0 Å².